The van der Waals surface area contributed by atoms with Gasteiger partial charge in [-0.3, -0.25) is 0 Å². The van der Waals surface area contributed by atoms with E-state index in [4.69, 9.17) is 14.5 Å². The van der Waals surface area contributed by atoms with E-state index in [1.54, 1.807) is 14.2 Å². The lowest BCUT2D eigenvalue weighted by atomic mass is 10.1. The molecule has 0 bridgehead atoms. The van der Waals surface area contributed by atoms with E-state index in [1.165, 1.54) is 16.7 Å². The fraction of sp³-hybridized carbons (Fsp3) is 0.320. The second-order valence-electron chi connectivity index (χ2n) is 7.25. The summed E-state index contributed by atoms with van der Waals surface area (Å²) >= 11 is 0. The lowest BCUT2D eigenvalue weighted by Gasteiger charge is -2.28. The number of ether oxygens (including phenoxy) is 2. The van der Waals surface area contributed by atoms with Crippen LogP contribution in [-0.2, 0) is 13.1 Å². The van der Waals surface area contributed by atoms with Gasteiger partial charge in [0.1, 0.15) is 17.3 Å². The van der Waals surface area contributed by atoms with Gasteiger partial charge in [-0.1, -0.05) is 37.3 Å². The van der Waals surface area contributed by atoms with Gasteiger partial charge < -0.3 is 19.7 Å². The Hall–Kier alpha value is -3.05. The lowest BCUT2D eigenvalue weighted by molar-refractivity contribution is 0.414. The Bertz CT molecular complexity index is 861. The number of hydrogen-bond acceptors (Lipinski definition) is 5. The number of nitrogens with zero attached hydrogens (tertiary/aromatic N) is 2. The molecular weight excluding hydrogens is 374 g/mol. The number of aromatic nitrogens is 1. The maximum atomic E-state index is 5.31. The highest BCUT2D eigenvalue weighted by Gasteiger charge is 2.17. The molecule has 0 saturated carbocycles. The molecule has 0 saturated heterocycles. The fourth-order valence-electron chi connectivity index (χ4n) is 3.54. The molecule has 0 aliphatic carbocycles. The van der Waals surface area contributed by atoms with Gasteiger partial charge in [0.25, 0.3) is 0 Å². The Morgan fingerprint density at radius 3 is 1.87 bits per heavy atom. The molecule has 0 spiro atoms. The van der Waals surface area contributed by atoms with Crippen LogP contribution in [0.2, 0.25) is 0 Å². The molecule has 30 heavy (non-hydrogen) atoms. The van der Waals surface area contributed by atoms with Crippen LogP contribution in [0.3, 0.4) is 0 Å². The molecule has 3 rings (SSSR count). The first kappa shape index (κ1) is 21.7. The molecule has 5 heteroatoms. The molecule has 1 atom stereocenters. The molecule has 5 nitrogen and oxygen atoms in total. The van der Waals surface area contributed by atoms with E-state index < -0.39 is 0 Å². The Morgan fingerprint density at radius 2 is 1.40 bits per heavy atom. The highest BCUT2D eigenvalue weighted by Crippen LogP contribution is 2.27. The van der Waals surface area contributed by atoms with Crippen LogP contribution in [0.4, 0.5) is 5.82 Å². The molecule has 1 N–H and O–H groups in total. The van der Waals surface area contributed by atoms with Crippen molar-refractivity contribution in [1.29, 1.82) is 0 Å². The first-order chi connectivity index (χ1) is 14.6. The zero-order chi connectivity index (χ0) is 21.3. The van der Waals surface area contributed by atoms with Crippen molar-refractivity contribution in [1.82, 2.24) is 10.3 Å². The van der Waals surface area contributed by atoms with E-state index in [-0.39, 0.29) is 6.04 Å². The van der Waals surface area contributed by atoms with Crippen LogP contribution in [0.1, 0.15) is 36.6 Å². The molecule has 0 aliphatic rings. The number of benzene rings is 2. The first-order valence-electron chi connectivity index (χ1n) is 10.3. The van der Waals surface area contributed by atoms with E-state index in [0.717, 1.165) is 37.0 Å². The molecule has 0 amide bonds. The SMILES string of the molecule is CCN[C@H](C)c1cccnc1N(Cc1ccc(OC)cc1)Cc1ccc(OC)cc1. The minimum atomic E-state index is 0.216. The summed E-state index contributed by atoms with van der Waals surface area (Å²) in [5, 5.41) is 3.52. The van der Waals surface area contributed by atoms with Crippen molar-refractivity contribution in [3.05, 3.63) is 83.6 Å². The molecule has 0 unspecified atom stereocenters. The number of methoxy groups -OCH3 is 2. The fourth-order valence-corrected chi connectivity index (χ4v) is 3.54. The van der Waals surface area contributed by atoms with Crippen molar-refractivity contribution in [2.75, 3.05) is 25.7 Å². The maximum Gasteiger partial charge on any atom is 0.133 e. The number of anilines is 1. The number of pyridine rings is 1. The summed E-state index contributed by atoms with van der Waals surface area (Å²) in [4.78, 5) is 7.10. The van der Waals surface area contributed by atoms with Crippen LogP contribution in [0.5, 0.6) is 11.5 Å². The van der Waals surface area contributed by atoms with E-state index in [1.807, 2.05) is 36.5 Å². The maximum absolute atomic E-state index is 5.31. The van der Waals surface area contributed by atoms with Crippen LogP contribution in [-0.4, -0.2) is 25.7 Å². The minimum absolute atomic E-state index is 0.216. The van der Waals surface area contributed by atoms with Gasteiger partial charge in [0.15, 0.2) is 0 Å². The second kappa shape index (κ2) is 10.6. The van der Waals surface area contributed by atoms with Gasteiger partial charge in [-0.05, 0) is 54.9 Å². The van der Waals surface area contributed by atoms with Gasteiger partial charge in [-0.25, -0.2) is 4.98 Å². The van der Waals surface area contributed by atoms with Crippen molar-refractivity contribution in [2.45, 2.75) is 33.0 Å². The highest BCUT2D eigenvalue weighted by molar-refractivity contribution is 5.50. The Kier molecular flexibility index (Phi) is 7.69. The summed E-state index contributed by atoms with van der Waals surface area (Å²) in [5.41, 5.74) is 3.61. The van der Waals surface area contributed by atoms with Crippen molar-refractivity contribution >= 4 is 5.82 Å². The molecule has 1 aromatic heterocycles. The molecule has 0 aliphatic heterocycles. The van der Waals surface area contributed by atoms with Crippen LogP contribution < -0.4 is 19.7 Å². The Labute approximate surface area is 179 Å². The van der Waals surface area contributed by atoms with Gasteiger partial charge in [-0.15, -0.1) is 0 Å². The topological polar surface area (TPSA) is 46.6 Å². The molecule has 3 aromatic rings. The molecule has 2 aromatic carbocycles. The highest BCUT2D eigenvalue weighted by atomic mass is 16.5. The molecule has 0 fully saturated rings. The van der Waals surface area contributed by atoms with E-state index >= 15 is 0 Å². The zero-order valence-electron chi connectivity index (χ0n) is 18.3. The van der Waals surface area contributed by atoms with Gasteiger partial charge in [0.2, 0.25) is 0 Å². The van der Waals surface area contributed by atoms with Crippen molar-refractivity contribution < 1.29 is 9.47 Å². The molecular formula is C25H31N3O2. The van der Waals surface area contributed by atoms with Crippen molar-refractivity contribution in [2.24, 2.45) is 0 Å². The summed E-state index contributed by atoms with van der Waals surface area (Å²) in [7, 11) is 3.38. The number of nitrogens with one attached hydrogen (secondary N) is 1. The normalized spacial score (nSPS) is 11.7. The van der Waals surface area contributed by atoms with Crippen LogP contribution in [0.25, 0.3) is 0 Å². The standard InChI is InChI=1S/C25H31N3O2/c1-5-26-19(2)24-7-6-16-27-25(24)28(17-20-8-12-22(29-3)13-9-20)18-21-10-14-23(30-4)15-11-21/h6-16,19,26H,5,17-18H2,1-4H3/t19-/m1/s1. The van der Waals surface area contributed by atoms with E-state index in [2.05, 4.69) is 54.4 Å². The monoisotopic (exact) mass is 405 g/mol. The third-order valence-corrected chi connectivity index (χ3v) is 5.16. The van der Waals surface area contributed by atoms with E-state index in [0.29, 0.717) is 0 Å². The summed E-state index contributed by atoms with van der Waals surface area (Å²) in [6, 6.07) is 20.8. The Balaban J connectivity index is 1.93. The summed E-state index contributed by atoms with van der Waals surface area (Å²) in [6.07, 6.45) is 1.87. The summed E-state index contributed by atoms with van der Waals surface area (Å²) < 4.78 is 10.6. The lowest BCUT2D eigenvalue weighted by Crippen LogP contribution is -2.27. The quantitative estimate of drug-likeness (QED) is 0.516. The van der Waals surface area contributed by atoms with Gasteiger partial charge >= 0.3 is 0 Å². The van der Waals surface area contributed by atoms with Crippen molar-refractivity contribution in [3.63, 3.8) is 0 Å². The third-order valence-electron chi connectivity index (χ3n) is 5.16. The van der Waals surface area contributed by atoms with Crippen LogP contribution >= 0.6 is 0 Å². The van der Waals surface area contributed by atoms with E-state index in [9.17, 15) is 0 Å². The zero-order valence-corrected chi connectivity index (χ0v) is 18.3. The third kappa shape index (κ3) is 5.51. The molecule has 158 valence electrons. The van der Waals surface area contributed by atoms with Crippen LogP contribution in [0, 0.1) is 0 Å². The molecule has 0 radical (unpaired) electrons. The van der Waals surface area contributed by atoms with Crippen molar-refractivity contribution in [3.8, 4) is 11.5 Å². The average molecular weight is 406 g/mol. The minimum Gasteiger partial charge on any atom is -0.497 e. The Morgan fingerprint density at radius 1 is 0.867 bits per heavy atom. The largest absolute Gasteiger partial charge is 0.497 e. The predicted molar refractivity (Wildman–Crippen MR) is 122 cm³/mol. The van der Waals surface area contributed by atoms with Crippen LogP contribution in [0.15, 0.2) is 66.9 Å². The smallest absolute Gasteiger partial charge is 0.133 e. The number of rotatable bonds is 10. The molecule has 1 heterocycles. The summed E-state index contributed by atoms with van der Waals surface area (Å²) in [6.45, 7) is 6.71. The van der Waals surface area contributed by atoms with Gasteiger partial charge in [-0.2, -0.15) is 0 Å². The average Bonchev–Trinajstić information content (AvgIpc) is 2.80. The second-order valence-corrected chi connectivity index (χ2v) is 7.25. The number of hydrogen-bond donors (Lipinski definition) is 1. The van der Waals surface area contributed by atoms with Gasteiger partial charge in [0, 0.05) is 30.9 Å². The first-order valence-corrected chi connectivity index (χ1v) is 10.3. The van der Waals surface area contributed by atoms with Gasteiger partial charge in [0.05, 0.1) is 14.2 Å². The summed E-state index contributed by atoms with van der Waals surface area (Å²) in [5.74, 6) is 2.72. The predicted octanol–water partition coefficient (Wildman–Crippen LogP) is 4.98.